The number of phosphoric ester groups is 1. The lowest BCUT2D eigenvalue weighted by Gasteiger charge is -2.18. The van der Waals surface area contributed by atoms with Gasteiger partial charge in [0.05, 0.1) is 12.7 Å². The molecule has 10 heteroatoms. The van der Waals surface area contributed by atoms with Gasteiger partial charge >= 0.3 is 19.8 Å². The van der Waals surface area contributed by atoms with Gasteiger partial charge < -0.3 is 24.4 Å². The first kappa shape index (κ1) is 45.0. The minimum absolute atomic E-state index is 0.178. The van der Waals surface area contributed by atoms with Gasteiger partial charge in [0.15, 0.2) is 6.10 Å². The van der Waals surface area contributed by atoms with Crippen LogP contribution in [0.15, 0.2) is 48.6 Å². The predicted molar refractivity (Wildman–Crippen MR) is 190 cm³/mol. The summed E-state index contributed by atoms with van der Waals surface area (Å²) in [6, 6.07) is 0. The van der Waals surface area contributed by atoms with E-state index in [9.17, 15) is 19.3 Å². The van der Waals surface area contributed by atoms with Crippen LogP contribution in [0.4, 0.5) is 0 Å². The highest BCUT2D eigenvalue weighted by atomic mass is 31.2. The fraction of sp³-hybridized carbons (Fsp3) is 0.730. The Bertz CT molecular complexity index is 923. The predicted octanol–water partition coefficient (Wildman–Crippen LogP) is 9.37. The molecule has 0 aromatic heterocycles. The maximum absolute atomic E-state index is 12.3. The molecule has 0 aliphatic rings. The third kappa shape index (κ3) is 35.1. The van der Waals surface area contributed by atoms with E-state index in [1.165, 1.54) is 44.9 Å². The number of hydrogen-bond donors (Lipinski definition) is 3. The molecule has 0 rings (SSSR count). The highest BCUT2D eigenvalue weighted by molar-refractivity contribution is 7.46. The van der Waals surface area contributed by atoms with Crippen LogP contribution in [0.25, 0.3) is 0 Å². The minimum Gasteiger partial charge on any atom is -0.462 e. The highest BCUT2D eigenvalue weighted by Crippen LogP contribution is 2.35. The summed E-state index contributed by atoms with van der Waals surface area (Å²) in [4.78, 5) is 42.5. The molecule has 0 aromatic carbocycles. The molecule has 0 aliphatic carbocycles. The summed E-state index contributed by atoms with van der Waals surface area (Å²) in [7, 11) is -4.76. The number of unbranched alkanes of at least 4 members (excludes halogenated alkanes) is 11. The zero-order chi connectivity index (χ0) is 34.9. The van der Waals surface area contributed by atoms with E-state index in [2.05, 4.69) is 47.9 Å². The van der Waals surface area contributed by atoms with Gasteiger partial charge in [-0.1, -0.05) is 127 Å². The number of aliphatic hydroxyl groups excluding tert-OH is 1. The first-order chi connectivity index (χ1) is 22.7. The standard InChI is InChI=1S/C37H65O9P/c1-3-5-6-7-8-9-14-19-22-25-28-31-37(40)46-35(33-45-47(41,42)43)32-44-36(39)30-27-24-21-18-16-13-11-10-12-15-17-20-23-26-29-34(38)4-2/h11-13,15,18,20-21,23,34-35,38H,3-10,14,16-17,19,22,24-33H2,1-2H3,(H2,41,42,43)/b13-11-,15-12-,21-18-,23-20-/t34-,35+/m0/s1. The molecule has 0 radical (unpaired) electrons. The van der Waals surface area contributed by atoms with Gasteiger partial charge in [-0.05, 0) is 57.8 Å². The van der Waals surface area contributed by atoms with Gasteiger partial charge in [0, 0.05) is 12.8 Å². The van der Waals surface area contributed by atoms with Crippen LogP contribution in [-0.4, -0.2) is 52.3 Å². The van der Waals surface area contributed by atoms with Crippen LogP contribution in [0.1, 0.15) is 149 Å². The molecule has 0 fully saturated rings. The number of carbonyl (C=O) groups excluding carboxylic acids is 2. The number of esters is 2. The topological polar surface area (TPSA) is 140 Å². The molecular weight excluding hydrogens is 619 g/mol. The van der Waals surface area contributed by atoms with E-state index in [-0.39, 0.29) is 25.6 Å². The average Bonchev–Trinajstić information content (AvgIpc) is 3.04. The number of rotatable bonds is 32. The highest BCUT2D eigenvalue weighted by Gasteiger charge is 2.22. The minimum atomic E-state index is -4.76. The van der Waals surface area contributed by atoms with Crippen molar-refractivity contribution in [1.29, 1.82) is 0 Å². The van der Waals surface area contributed by atoms with Crippen molar-refractivity contribution < 1.29 is 43.0 Å². The summed E-state index contributed by atoms with van der Waals surface area (Å²) < 4.78 is 26.2. The van der Waals surface area contributed by atoms with Crippen LogP contribution in [-0.2, 0) is 28.2 Å². The van der Waals surface area contributed by atoms with Crippen molar-refractivity contribution in [2.45, 2.75) is 161 Å². The van der Waals surface area contributed by atoms with Crippen LogP contribution in [0.3, 0.4) is 0 Å². The van der Waals surface area contributed by atoms with Crippen molar-refractivity contribution >= 4 is 19.8 Å². The number of ether oxygens (including phenoxy) is 2. The third-order valence-corrected chi connectivity index (χ3v) is 8.00. The molecule has 2 atom stereocenters. The van der Waals surface area contributed by atoms with Crippen LogP contribution in [0.2, 0.25) is 0 Å². The van der Waals surface area contributed by atoms with Gasteiger partial charge in [0.25, 0.3) is 0 Å². The van der Waals surface area contributed by atoms with Crippen molar-refractivity contribution in [1.82, 2.24) is 0 Å². The summed E-state index contributed by atoms with van der Waals surface area (Å²) in [5.41, 5.74) is 0. The van der Waals surface area contributed by atoms with E-state index < -0.39 is 32.5 Å². The lowest BCUT2D eigenvalue weighted by Crippen LogP contribution is -2.29. The maximum Gasteiger partial charge on any atom is 0.469 e. The van der Waals surface area contributed by atoms with Gasteiger partial charge in [-0.15, -0.1) is 0 Å². The van der Waals surface area contributed by atoms with E-state index in [0.717, 1.165) is 57.8 Å². The summed E-state index contributed by atoms with van der Waals surface area (Å²) in [6.45, 7) is 3.32. The van der Waals surface area contributed by atoms with Crippen LogP contribution in [0.5, 0.6) is 0 Å². The molecule has 0 bridgehead atoms. The van der Waals surface area contributed by atoms with Gasteiger partial charge in [-0.3, -0.25) is 14.1 Å². The summed E-state index contributed by atoms with van der Waals surface area (Å²) in [5.74, 6) is -0.972. The molecular formula is C37H65O9P. The van der Waals surface area contributed by atoms with Crippen molar-refractivity contribution in [3.63, 3.8) is 0 Å². The van der Waals surface area contributed by atoms with Crippen molar-refractivity contribution in [3.05, 3.63) is 48.6 Å². The Morgan fingerprint density at radius 1 is 0.638 bits per heavy atom. The average molecular weight is 685 g/mol. The Hall–Kier alpha value is -2.03. The Morgan fingerprint density at radius 3 is 1.66 bits per heavy atom. The molecule has 0 aliphatic heterocycles. The number of hydrogen-bond acceptors (Lipinski definition) is 7. The van der Waals surface area contributed by atoms with E-state index in [1.54, 1.807) is 0 Å². The molecule has 0 unspecified atom stereocenters. The number of aliphatic hydroxyl groups is 1. The molecule has 0 heterocycles. The van der Waals surface area contributed by atoms with E-state index >= 15 is 0 Å². The number of carbonyl (C=O) groups is 2. The zero-order valence-electron chi connectivity index (χ0n) is 29.3. The molecule has 0 saturated carbocycles. The molecule has 0 spiro atoms. The van der Waals surface area contributed by atoms with Gasteiger partial charge in [-0.2, -0.15) is 0 Å². The SMILES string of the molecule is CCCCCCCCCCCCCC(=O)O[C@H](COC(=O)CCC/C=C\C/C=C\C/C=C\C/C=C\CC[C@@H](O)CC)COP(=O)(O)O. The quantitative estimate of drug-likeness (QED) is 0.0274. The molecule has 272 valence electrons. The monoisotopic (exact) mass is 684 g/mol. The molecule has 9 nitrogen and oxygen atoms in total. The summed E-state index contributed by atoms with van der Waals surface area (Å²) >= 11 is 0. The maximum atomic E-state index is 12.3. The van der Waals surface area contributed by atoms with Crippen molar-refractivity contribution in [3.8, 4) is 0 Å². The van der Waals surface area contributed by atoms with Crippen LogP contribution in [0, 0.1) is 0 Å². The van der Waals surface area contributed by atoms with Crippen molar-refractivity contribution in [2.75, 3.05) is 13.2 Å². The second-order valence-corrected chi connectivity index (χ2v) is 13.2. The summed E-state index contributed by atoms with van der Waals surface area (Å²) in [5, 5.41) is 9.52. The number of phosphoric acid groups is 1. The number of allylic oxidation sites excluding steroid dienone is 8. The smallest absolute Gasteiger partial charge is 0.462 e. The van der Waals surface area contributed by atoms with Crippen LogP contribution >= 0.6 is 7.82 Å². The summed E-state index contributed by atoms with van der Waals surface area (Å²) in [6.07, 6.45) is 35.0. The van der Waals surface area contributed by atoms with Gasteiger partial charge in [-0.25, -0.2) is 4.57 Å². The molecule has 0 aromatic rings. The first-order valence-electron chi connectivity index (χ1n) is 18.0. The second-order valence-electron chi connectivity index (χ2n) is 12.0. The van der Waals surface area contributed by atoms with E-state index in [4.69, 9.17) is 19.3 Å². The molecule has 0 amide bonds. The fourth-order valence-electron chi connectivity index (χ4n) is 4.64. The Balaban J connectivity index is 4.10. The zero-order valence-corrected chi connectivity index (χ0v) is 30.2. The Kier molecular flexibility index (Phi) is 31.1. The molecule has 0 saturated heterocycles. The normalized spacial score (nSPS) is 13.7. The molecule has 3 N–H and O–H groups in total. The lowest BCUT2D eigenvalue weighted by atomic mass is 10.1. The first-order valence-corrected chi connectivity index (χ1v) is 19.5. The fourth-order valence-corrected chi connectivity index (χ4v) is 5.00. The third-order valence-electron chi connectivity index (χ3n) is 7.51. The van der Waals surface area contributed by atoms with E-state index in [0.29, 0.717) is 19.3 Å². The second kappa shape index (κ2) is 32.5. The van der Waals surface area contributed by atoms with Crippen LogP contribution < -0.4 is 0 Å². The Labute approximate surface area is 285 Å². The van der Waals surface area contributed by atoms with Gasteiger partial charge in [0.1, 0.15) is 6.61 Å². The van der Waals surface area contributed by atoms with Crippen molar-refractivity contribution in [2.24, 2.45) is 0 Å². The van der Waals surface area contributed by atoms with Gasteiger partial charge in [0.2, 0.25) is 0 Å². The Morgan fingerprint density at radius 2 is 1.13 bits per heavy atom. The largest absolute Gasteiger partial charge is 0.469 e. The molecule has 47 heavy (non-hydrogen) atoms. The lowest BCUT2D eigenvalue weighted by molar-refractivity contribution is -0.161. The van der Waals surface area contributed by atoms with E-state index in [1.807, 2.05) is 19.1 Å².